The van der Waals surface area contributed by atoms with Crippen molar-refractivity contribution < 1.29 is 5.11 Å². The highest BCUT2D eigenvalue weighted by Crippen LogP contribution is 2.15. The molecule has 5 heteroatoms. The third kappa shape index (κ3) is 1.27. The van der Waals surface area contributed by atoms with Crippen molar-refractivity contribution in [1.82, 2.24) is 14.8 Å². The maximum atomic E-state index is 11.1. The second-order valence-electron chi connectivity index (χ2n) is 3.04. The zero-order chi connectivity index (χ0) is 9.19. The lowest BCUT2D eigenvalue weighted by atomic mass is 10.0. The van der Waals surface area contributed by atoms with Gasteiger partial charge in [-0.3, -0.25) is 4.57 Å². The van der Waals surface area contributed by atoms with Gasteiger partial charge in [-0.1, -0.05) is 6.92 Å². The van der Waals surface area contributed by atoms with Gasteiger partial charge in [0.15, 0.2) is 0 Å². The summed E-state index contributed by atoms with van der Waals surface area (Å²) in [5.74, 6) is 0. The van der Waals surface area contributed by atoms with Gasteiger partial charge < -0.3 is 5.11 Å². The van der Waals surface area contributed by atoms with Crippen LogP contribution in [-0.2, 0) is 5.54 Å². The lowest BCUT2D eigenvalue weighted by Crippen LogP contribution is -2.39. The van der Waals surface area contributed by atoms with Crippen molar-refractivity contribution in [3.63, 3.8) is 0 Å². The minimum atomic E-state index is -0.538. The Hall–Kier alpha value is -1.10. The first-order valence-corrected chi connectivity index (χ1v) is 3.87. The smallest absolute Gasteiger partial charge is 0.343 e. The van der Waals surface area contributed by atoms with E-state index in [0.29, 0.717) is 6.42 Å². The zero-order valence-corrected chi connectivity index (χ0v) is 7.24. The molecule has 1 unspecified atom stereocenters. The normalized spacial score (nSPS) is 15.9. The number of rotatable bonds is 3. The van der Waals surface area contributed by atoms with Crippen LogP contribution < -0.4 is 5.69 Å². The molecule has 0 saturated carbocycles. The van der Waals surface area contributed by atoms with Crippen molar-refractivity contribution >= 4 is 0 Å². The third-order valence-corrected chi connectivity index (χ3v) is 2.24. The van der Waals surface area contributed by atoms with Crippen molar-refractivity contribution in [1.29, 1.82) is 0 Å². The summed E-state index contributed by atoms with van der Waals surface area (Å²) in [6.07, 6.45) is 2.09. The highest BCUT2D eigenvalue weighted by Gasteiger charge is 2.24. The average Bonchev–Trinajstić information content (AvgIpc) is 2.51. The molecule has 68 valence electrons. The molecule has 1 aromatic rings. The molecule has 0 spiro atoms. The van der Waals surface area contributed by atoms with Crippen LogP contribution in [0.3, 0.4) is 0 Å². The van der Waals surface area contributed by atoms with Crippen molar-refractivity contribution in [2.45, 2.75) is 25.8 Å². The van der Waals surface area contributed by atoms with Crippen LogP contribution in [0, 0.1) is 0 Å². The molecule has 1 rings (SSSR count). The molecule has 12 heavy (non-hydrogen) atoms. The summed E-state index contributed by atoms with van der Waals surface area (Å²) in [5.41, 5.74) is -0.822. The van der Waals surface area contributed by atoms with Crippen LogP contribution in [0.2, 0.25) is 0 Å². The SMILES string of the molecule is CCC(C)(CO)n1cn[nH]c1=O. The average molecular weight is 171 g/mol. The molecule has 1 atom stereocenters. The van der Waals surface area contributed by atoms with Gasteiger partial charge in [-0.25, -0.2) is 9.89 Å². The van der Waals surface area contributed by atoms with Gasteiger partial charge in [-0.05, 0) is 13.3 Å². The topological polar surface area (TPSA) is 70.9 Å². The Morgan fingerprint density at radius 1 is 1.83 bits per heavy atom. The van der Waals surface area contributed by atoms with E-state index >= 15 is 0 Å². The molecule has 0 bridgehead atoms. The standard InChI is InChI=1S/C7H13N3O2/c1-3-7(2,4-11)10-5-8-9-6(10)12/h5,11H,3-4H2,1-2H3,(H,9,12). The zero-order valence-electron chi connectivity index (χ0n) is 7.24. The van der Waals surface area contributed by atoms with Crippen LogP contribution in [0.25, 0.3) is 0 Å². The largest absolute Gasteiger partial charge is 0.394 e. The van der Waals surface area contributed by atoms with Crippen LogP contribution in [0.5, 0.6) is 0 Å². The summed E-state index contributed by atoms with van der Waals surface area (Å²) in [4.78, 5) is 11.1. The van der Waals surface area contributed by atoms with E-state index in [1.807, 2.05) is 13.8 Å². The highest BCUT2D eigenvalue weighted by atomic mass is 16.3. The molecular formula is C7H13N3O2. The fourth-order valence-corrected chi connectivity index (χ4v) is 0.991. The summed E-state index contributed by atoms with van der Waals surface area (Å²) in [5, 5.41) is 15.0. The maximum absolute atomic E-state index is 11.1. The Labute approximate surface area is 70.0 Å². The van der Waals surface area contributed by atoms with Crippen LogP contribution >= 0.6 is 0 Å². The van der Waals surface area contributed by atoms with E-state index in [1.54, 1.807) is 0 Å². The highest BCUT2D eigenvalue weighted by molar-refractivity contribution is 4.83. The van der Waals surface area contributed by atoms with E-state index in [9.17, 15) is 4.79 Å². The number of aliphatic hydroxyl groups excluding tert-OH is 1. The lowest BCUT2D eigenvalue weighted by molar-refractivity contribution is 0.140. The van der Waals surface area contributed by atoms with E-state index < -0.39 is 5.54 Å². The Kier molecular flexibility index (Phi) is 2.32. The number of hydrogen-bond donors (Lipinski definition) is 2. The Balaban J connectivity index is 3.11. The van der Waals surface area contributed by atoms with E-state index in [0.717, 1.165) is 0 Å². The number of nitrogens with one attached hydrogen (secondary N) is 1. The molecule has 0 radical (unpaired) electrons. The molecule has 5 nitrogen and oxygen atoms in total. The van der Waals surface area contributed by atoms with Gasteiger partial charge in [0.2, 0.25) is 0 Å². The molecule has 0 aliphatic rings. The third-order valence-electron chi connectivity index (χ3n) is 2.24. The van der Waals surface area contributed by atoms with Crippen LogP contribution in [-0.4, -0.2) is 26.5 Å². The number of aromatic nitrogens is 3. The predicted octanol–water partition coefficient (Wildman–Crippen LogP) is -0.311. The summed E-state index contributed by atoms with van der Waals surface area (Å²) < 4.78 is 1.41. The van der Waals surface area contributed by atoms with Gasteiger partial charge >= 0.3 is 5.69 Å². The molecule has 1 heterocycles. The minimum Gasteiger partial charge on any atom is -0.394 e. The molecule has 0 aliphatic heterocycles. The van der Waals surface area contributed by atoms with Gasteiger partial charge in [0, 0.05) is 0 Å². The van der Waals surface area contributed by atoms with Crippen molar-refractivity contribution in [2.75, 3.05) is 6.61 Å². The molecule has 0 aliphatic carbocycles. The Morgan fingerprint density at radius 2 is 2.50 bits per heavy atom. The fraction of sp³-hybridized carbons (Fsp3) is 0.714. The molecule has 1 aromatic heterocycles. The lowest BCUT2D eigenvalue weighted by Gasteiger charge is -2.25. The van der Waals surface area contributed by atoms with Crippen LogP contribution in [0.1, 0.15) is 20.3 Å². The van der Waals surface area contributed by atoms with Crippen molar-refractivity contribution in [3.8, 4) is 0 Å². The fourth-order valence-electron chi connectivity index (χ4n) is 0.991. The molecule has 0 saturated heterocycles. The predicted molar refractivity (Wildman–Crippen MR) is 43.9 cm³/mol. The van der Waals surface area contributed by atoms with Gasteiger partial charge in [-0.2, -0.15) is 5.10 Å². The summed E-state index contributed by atoms with van der Waals surface area (Å²) in [6.45, 7) is 3.66. The first-order valence-electron chi connectivity index (χ1n) is 3.87. The summed E-state index contributed by atoms with van der Waals surface area (Å²) >= 11 is 0. The molecule has 0 fully saturated rings. The van der Waals surface area contributed by atoms with E-state index in [2.05, 4.69) is 10.2 Å². The second-order valence-corrected chi connectivity index (χ2v) is 3.04. The van der Waals surface area contributed by atoms with Gasteiger partial charge in [0.1, 0.15) is 6.33 Å². The first-order chi connectivity index (χ1) is 5.64. The van der Waals surface area contributed by atoms with Crippen LogP contribution in [0.4, 0.5) is 0 Å². The van der Waals surface area contributed by atoms with E-state index in [4.69, 9.17) is 5.11 Å². The quantitative estimate of drug-likeness (QED) is 0.655. The van der Waals surface area contributed by atoms with Crippen molar-refractivity contribution in [3.05, 3.63) is 16.8 Å². The minimum absolute atomic E-state index is 0.0665. The van der Waals surface area contributed by atoms with E-state index in [-0.39, 0.29) is 12.3 Å². The number of aliphatic hydroxyl groups is 1. The van der Waals surface area contributed by atoms with E-state index in [1.165, 1.54) is 10.9 Å². The van der Waals surface area contributed by atoms with Gasteiger partial charge in [-0.15, -0.1) is 0 Å². The molecule has 0 amide bonds. The maximum Gasteiger partial charge on any atom is 0.343 e. The summed E-state index contributed by atoms with van der Waals surface area (Å²) in [6, 6.07) is 0. The monoisotopic (exact) mass is 171 g/mol. The Morgan fingerprint density at radius 3 is 2.83 bits per heavy atom. The Bertz CT molecular complexity index is 298. The van der Waals surface area contributed by atoms with Gasteiger partial charge in [0.05, 0.1) is 12.1 Å². The first kappa shape index (κ1) is 8.99. The van der Waals surface area contributed by atoms with Crippen LogP contribution in [0.15, 0.2) is 11.1 Å². The molecule has 2 N–H and O–H groups in total. The summed E-state index contributed by atoms with van der Waals surface area (Å²) in [7, 11) is 0. The number of nitrogens with zero attached hydrogens (tertiary/aromatic N) is 2. The molecular weight excluding hydrogens is 158 g/mol. The number of aromatic amines is 1. The second kappa shape index (κ2) is 3.10. The number of hydrogen-bond acceptors (Lipinski definition) is 3. The van der Waals surface area contributed by atoms with Gasteiger partial charge in [0.25, 0.3) is 0 Å². The molecule has 0 aromatic carbocycles. The van der Waals surface area contributed by atoms with Crippen molar-refractivity contribution in [2.24, 2.45) is 0 Å². The number of H-pyrrole nitrogens is 1.